The van der Waals surface area contributed by atoms with Gasteiger partial charge in [-0.05, 0) is 79.2 Å². The second-order valence-corrected chi connectivity index (χ2v) is 9.79. The number of hydrogen-bond donors (Lipinski definition) is 1. The molecular formula is C20H26BrN3O3S. The van der Waals surface area contributed by atoms with Crippen molar-refractivity contribution < 1.29 is 13.2 Å². The summed E-state index contributed by atoms with van der Waals surface area (Å²) in [4.78, 5) is 14.9. The van der Waals surface area contributed by atoms with Crippen molar-refractivity contribution in [1.29, 1.82) is 0 Å². The number of carbonyl (C=O) groups is 1. The van der Waals surface area contributed by atoms with Crippen LogP contribution in [0.15, 0.2) is 51.8 Å². The molecule has 0 radical (unpaired) electrons. The second kappa shape index (κ2) is 9.07. The Morgan fingerprint density at radius 2 is 1.71 bits per heavy atom. The summed E-state index contributed by atoms with van der Waals surface area (Å²) in [6.45, 7) is 7.26. The highest BCUT2D eigenvalue weighted by Gasteiger charge is 2.22. The van der Waals surface area contributed by atoms with Gasteiger partial charge >= 0.3 is 0 Å². The lowest BCUT2D eigenvalue weighted by molar-refractivity contribution is 0.102. The number of carbonyl (C=O) groups excluding carboxylic acids is 1. The highest BCUT2D eigenvalue weighted by molar-refractivity contribution is 9.10. The van der Waals surface area contributed by atoms with Crippen LogP contribution in [0.25, 0.3) is 0 Å². The zero-order chi connectivity index (χ0) is 21.1. The normalized spacial score (nSPS) is 11.7. The summed E-state index contributed by atoms with van der Waals surface area (Å²) in [5.74, 6) is -0.369. The first-order chi connectivity index (χ1) is 13.1. The van der Waals surface area contributed by atoms with Crippen LogP contribution in [0.4, 0.5) is 11.4 Å². The van der Waals surface area contributed by atoms with Gasteiger partial charge in [0.15, 0.2) is 0 Å². The van der Waals surface area contributed by atoms with Crippen molar-refractivity contribution in [2.45, 2.75) is 31.7 Å². The molecule has 1 amide bonds. The van der Waals surface area contributed by atoms with E-state index >= 15 is 0 Å². The van der Waals surface area contributed by atoms with Crippen molar-refractivity contribution in [2.24, 2.45) is 0 Å². The third kappa shape index (κ3) is 4.92. The average molecular weight is 468 g/mol. The minimum absolute atomic E-state index is 0.0519. The molecule has 1 N–H and O–H groups in total. The monoisotopic (exact) mass is 467 g/mol. The van der Waals surface area contributed by atoms with Crippen molar-refractivity contribution in [3.63, 3.8) is 0 Å². The molecule has 2 aromatic rings. The van der Waals surface area contributed by atoms with E-state index in [-0.39, 0.29) is 16.4 Å². The summed E-state index contributed by atoms with van der Waals surface area (Å²) in [6.07, 6.45) is 0. The Balaban J connectivity index is 2.24. The molecule has 28 heavy (non-hydrogen) atoms. The van der Waals surface area contributed by atoms with Crippen LogP contribution in [0.2, 0.25) is 0 Å². The third-order valence-electron chi connectivity index (χ3n) is 4.37. The Hall–Kier alpha value is -1.90. The van der Waals surface area contributed by atoms with E-state index in [9.17, 15) is 13.2 Å². The van der Waals surface area contributed by atoms with Crippen LogP contribution in [0.3, 0.4) is 0 Å². The summed E-state index contributed by atoms with van der Waals surface area (Å²) in [7, 11) is -0.759. The maximum Gasteiger partial charge on any atom is 0.255 e. The van der Waals surface area contributed by atoms with Gasteiger partial charge in [-0.15, -0.1) is 0 Å². The number of sulfonamides is 1. The SMILES string of the molecule is CCN(c1ccc(NC(=O)c2ccc(Br)c(S(=O)(=O)N(C)C)c2)cc1)C(C)C. The van der Waals surface area contributed by atoms with Gasteiger partial charge in [-0.2, -0.15) is 0 Å². The number of nitrogens with zero attached hydrogens (tertiary/aromatic N) is 2. The van der Waals surface area contributed by atoms with E-state index in [1.165, 1.54) is 20.2 Å². The van der Waals surface area contributed by atoms with Crippen LogP contribution in [-0.4, -0.2) is 45.3 Å². The van der Waals surface area contributed by atoms with E-state index in [1.807, 2.05) is 24.3 Å². The molecule has 0 atom stereocenters. The molecule has 0 aromatic heterocycles. The van der Waals surface area contributed by atoms with Crippen molar-refractivity contribution in [2.75, 3.05) is 30.9 Å². The number of nitrogens with one attached hydrogen (secondary N) is 1. The molecule has 2 aromatic carbocycles. The van der Waals surface area contributed by atoms with Crippen molar-refractivity contribution in [3.8, 4) is 0 Å². The fourth-order valence-electron chi connectivity index (χ4n) is 2.82. The summed E-state index contributed by atoms with van der Waals surface area (Å²) < 4.78 is 26.4. The quantitative estimate of drug-likeness (QED) is 0.662. The molecule has 0 heterocycles. The van der Waals surface area contributed by atoms with Gasteiger partial charge in [-0.25, -0.2) is 12.7 Å². The van der Waals surface area contributed by atoms with Crippen LogP contribution in [0, 0.1) is 0 Å². The van der Waals surface area contributed by atoms with Crippen molar-refractivity contribution in [1.82, 2.24) is 4.31 Å². The molecule has 0 spiro atoms. The predicted molar refractivity (Wildman–Crippen MR) is 118 cm³/mol. The van der Waals surface area contributed by atoms with Crippen molar-refractivity contribution in [3.05, 3.63) is 52.5 Å². The number of benzene rings is 2. The number of anilines is 2. The lowest BCUT2D eigenvalue weighted by Gasteiger charge is -2.27. The van der Waals surface area contributed by atoms with Crippen LogP contribution in [0.5, 0.6) is 0 Å². The highest BCUT2D eigenvalue weighted by atomic mass is 79.9. The summed E-state index contributed by atoms with van der Waals surface area (Å²) in [6, 6.07) is 12.5. The van der Waals surface area contributed by atoms with E-state index in [2.05, 4.69) is 46.9 Å². The van der Waals surface area contributed by atoms with E-state index in [1.54, 1.807) is 12.1 Å². The Labute approximate surface area is 175 Å². The number of amides is 1. The standard InChI is InChI=1S/C20H26BrN3O3S/c1-6-24(14(2)3)17-10-8-16(9-11-17)22-20(25)15-7-12-18(21)19(13-15)28(26,27)23(4)5/h7-14H,6H2,1-5H3,(H,22,25). The van der Waals surface area contributed by atoms with Gasteiger partial charge in [0.05, 0.1) is 4.90 Å². The van der Waals surface area contributed by atoms with Crippen LogP contribution in [0.1, 0.15) is 31.1 Å². The second-order valence-electron chi connectivity index (χ2n) is 6.81. The fraction of sp³-hybridized carbons (Fsp3) is 0.350. The van der Waals surface area contributed by atoms with Gasteiger partial charge in [0.1, 0.15) is 0 Å². The van der Waals surface area contributed by atoms with Gasteiger partial charge in [0.25, 0.3) is 5.91 Å². The maximum absolute atomic E-state index is 12.6. The van der Waals surface area contributed by atoms with E-state index in [4.69, 9.17) is 0 Å². The third-order valence-corrected chi connectivity index (χ3v) is 7.18. The van der Waals surface area contributed by atoms with E-state index in [0.717, 1.165) is 16.5 Å². The maximum atomic E-state index is 12.6. The van der Waals surface area contributed by atoms with Gasteiger partial charge in [-0.3, -0.25) is 4.79 Å². The Bertz CT molecular complexity index is 942. The Morgan fingerprint density at radius 1 is 1.11 bits per heavy atom. The summed E-state index contributed by atoms with van der Waals surface area (Å²) in [5, 5.41) is 2.82. The molecule has 8 heteroatoms. The van der Waals surface area contributed by atoms with Crippen LogP contribution < -0.4 is 10.2 Å². The topological polar surface area (TPSA) is 69.7 Å². The van der Waals surface area contributed by atoms with Crippen LogP contribution in [-0.2, 0) is 10.0 Å². The largest absolute Gasteiger partial charge is 0.369 e. The minimum Gasteiger partial charge on any atom is -0.369 e. The van der Waals surface area contributed by atoms with Crippen molar-refractivity contribution >= 4 is 43.2 Å². The molecule has 0 aliphatic carbocycles. The van der Waals surface area contributed by atoms with Gasteiger partial charge < -0.3 is 10.2 Å². The van der Waals surface area contributed by atoms with E-state index in [0.29, 0.717) is 16.2 Å². The first kappa shape index (κ1) is 22.4. The smallest absolute Gasteiger partial charge is 0.255 e. The van der Waals surface area contributed by atoms with Crippen LogP contribution >= 0.6 is 15.9 Å². The number of hydrogen-bond acceptors (Lipinski definition) is 4. The molecule has 0 saturated heterocycles. The lowest BCUT2D eigenvalue weighted by atomic mass is 10.2. The molecule has 0 unspecified atom stereocenters. The Kier molecular flexibility index (Phi) is 7.25. The van der Waals surface area contributed by atoms with Gasteiger partial charge in [0.2, 0.25) is 10.0 Å². The first-order valence-electron chi connectivity index (χ1n) is 8.98. The molecule has 0 aliphatic rings. The fourth-order valence-corrected chi connectivity index (χ4v) is 4.67. The molecule has 0 fully saturated rings. The summed E-state index contributed by atoms with van der Waals surface area (Å²) >= 11 is 3.25. The lowest BCUT2D eigenvalue weighted by Crippen LogP contribution is -2.30. The highest BCUT2D eigenvalue weighted by Crippen LogP contribution is 2.26. The number of rotatable bonds is 7. The molecule has 0 bridgehead atoms. The molecular weight excluding hydrogens is 442 g/mol. The van der Waals surface area contributed by atoms with Gasteiger partial charge in [0, 0.05) is 48.1 Å². The molecule has 6 nitrogen and oxygen atoms in total. The molecule has 0 aliphatic heterocycles. The minimum atomic E-state index is -3.66. The number of halogens is 1. The van der Waals surface area contributed by atoms with Gasteiger partial charge in [-0.1, -0.05) is 0 Å². The predicted octanol–water partition coefficient (Wildman–Crippen LogP) is 4.19. The summed E-state index contributed by atoms with van der Waals surface area (Å²) in [5.41, 5.74) is 2.00. The average Bonchev–Trinajstić information content (AvgIpc) is 2.63. The molecule has 152 valence electrons. The Morgan fingerprint density at radius 3 is 2.21 bits per heavy atom. The zero-order valence-corrected chi connectivity index (χ0v) is 19.1. The first-order valence-corrected chi connectivity index (χ1v) is 11.2. The molecule has 2 rings (SSSR count). The molecule has 0 saturated carbocycles. The van der Waals surface area contributed by atoms with E-state index < -0.39 is 10.0 Å². The zero-order valence-electron chi connectivity index (χ0n) is 16.7.